The Hall–Kier alpha value is -2.34. The molecule has 120 valence electrons. The van der Waals surface area contributed by atoms with Gasteiger partial charge >= 0.3 is 0 Å². The lowest BCUT2D eigenvalue weighted by atomic mass is 10.2. The number of benzene rings is 1. The van der Waals surface area contributed by atoms with Crippen LogP contribution in [0.15, 0.2) is 30.6 Å². The average molecular weight is 332 g/mol. The lowest BCUT2D eigenvalue weighted by Gasteiger charge is -2.11. The first kappa shape index (κ1) is 15.6. The van der Waals surface area contributed by atoms with E-state index in [0.29, 0.717) is 12.4 Å². The molecule has 0 aliphatic heterocycles. The van der Waals surface area contributed by atoms with Crippen LogP contribution >= 0.6 is 11.6 Å². The van der Waals surface area contributed by atoms with Crippen molar-refractivity contribution in [3.8, 4) is 5.75 Å². The molecule has 0 unspecified atom stereocenters. The van der Waals surface area contributed by atoms with E-state index in [-0.39, 0.29) is 0 Å². The molecule has 0 radical (unpaired) electrons. The van der Waals surface area contributed by atoms with Crippen LogP contribution in [0, 0.1) is 13.8 Å². The van der Waals surface area contributed by atoms with E-state index in [1.807, 2.05) is 38.1 Å². The van der Waals surface area contributed by atoms with E-state index >= 15 is 0 Å². The Morgan fingerprint density at radius 1 is 1.26 bits per heavy atom. The molecule has 3 rings (SSSR count). The lowest BCUT2D eigenvalue weighted by Crippen LogP contribution is -2.11. The third kappa shape index (κ3) is 3.71. The van der Waals surface area contributed by atoms with Crippen LogP contribution in [0.2, 0.25) is 5.02 Å². The van der Waals surface area contributed by atoms with Crippen LogP contribution in [-0.2, 0) is 0 Å². The predicted molar refractivity (Wildman–Crippen MR) is 90.3 cm³/mol. The van der Waals surface area contributed by atoms with Crippen molar-refractivity contribution in [2.45, 2.75) is 20.3 Å². The molecule has 0 saturated heterocycles. The minimum absolute atomic E-state index is 0.598. The molecule has 0 fully saturated rings. The summed E-state index contributed by atoms with van der Waals surface area (Å²) in [5, 5.41) is 8.23. The minimum atomic E-state index is 0.598. The highest BCUT2D eigenvalue weighted by molar-refractivity contribution is 6.30. The first-order chi connectivity index (χ1) is 11.1. The molecule has 0 amide bonds. The van der Waals surface area contributed by atoms with Crippen LogP contribution in [0.1, 0.15) is 17.7 Å². The van der Waals surface area contributed by atoms with Crippen LogP contribution in [-0.4, -0.2) is 32.7 Å². The summed E-state index contributed by atoms with van der Waals surface area (Å²) >= 11 is 5.94. The topological polar surface area (TPSA) is 64.3 Å². The van der Waals surface area contributed by atoms with Gasteiger partial charge in [0.05, 0.1) is 6.61 Å². The number of aromatic nitrogens is 4. The normalized spacial score (nSPS) is 10.9. The van der Waals surface area contributed by atoms with Gasteiger partial charge < -0.3 is 10.1 Å². The van der Waals surface area contributed by atoms with Crippen molar-refractivity contribution >= 4 is 23.2 Å². The van der Waals surface area contributed by atoms with E-state index in [4.69, 9.17) is 16.3 Å². The van der Waals surface area contributed by atoms with Crippen molar-refractivity contribution in [3.63, 3.8) is 0 Å². The molecule has 0 atom stereocenters. The number of fused-ring (bicyclic) bond motifs is 1. The number of anilines is 1. The summed E-state index contributed by atoms with van der Waals surface area (Å²) in [5.74, 6) is 2.35. The van der Waals surface area contributed by atoms with Gasteiger partial charge in [-0.05, 0) is 44.0 Å². The Kier molecular flexibility index (Phi) is 4.62. The number of hydrogen-bond acceptors (Lipinski definition) is 5. The Balaban J connectivity index is 1.52. The largest absolute Gasteiger partial charge is 0.493 e. The molecule has 1 N–H and O–H groups in total. The number of nitrogens with one attached hydrogen (secondary N) is 1. The molecule has 6 nitrogen and oxygen atoms in total. The maximum atomic E-state index is 5.94. The van der Waals surface area contributed by atoms with E-state index < -0.39 is 0 Å². The van der Waals surface area contributed by atoms with Gasteiger partial charge in [-0.25, -0.2) is 4.98 Å². The highest BCUT2D eigenvalue weighted by Gasteiger charge is 2.05. The fourth-order valence-corrected chi connectivity index (χ4v) is 2.53. The number of halogens is 1. The number of rotatable bonds is 6. The SMILES string of the molecule is Cc1cc(NCCCOc2ccc(Cl)cc2C)n2ncnc2n1. The zero-order valence-corrected chi connectivity index (χ0v) is 13.8. The fourth-order valence-electron chi connectivity index (χ4n) is 2.30. The Morgan fingerprint density at radius 3 is 2.96 bits per heavy atom. The lowest BCUT2D eigenvalue weighted by molar-refractivity contribution is 0.313. The highest BCUT2D eigenvalue weighted by Crippen LogP contribution is 2.21. The third-order valence-corrected chi connectivity index (χ3v) is 3.64. The smallest absolute Gasteiger partial charge is 0.254 e. The average Bonchev–Trinajstić information content (AvgIpc) is 2.97. The number of ether oxygens (including phenoxy) is 1. The van der Waals surface area contributed by atoms with E-state index in [1.165, 1.54) is 6.33 Å². The number of aryl methyl sites for hydroxylation is 2. The standard InChI is InChI=1S/C16H18ClN5O/c1-11-8-13(17)4-5-14(11)23-7-3-6-18-15-9-12(2)21-16-19-10-20-22(15)16/h4-5,8-10,18H,3,6-7H2,1-2H3. The Morgan fingerprint density at radius 2 is 2.13 bits per heavy atom. The third-order valence-electron chi connectivity index (χ3n) is 3.40. The molecule has 0 aliphatic carbocycles. The Bertz CT molecular complexity index is 817. The predicted octanol–water partition coefficient (Wildman–Crippen LogP) is 3.28. The van der Waals surface area contributed by atoms with E-state index in [0.717, 1.165) is 40.8 Å². The van der Waals surface area contributed by atoms with Gasteiger partial charge in [0.2, 0.25) is 0 Å². The van der Waals surface area contributed by atoms with Gasteiger partial charge in [0, 0.05) is 23.3 Å². The van der Waals surface area contributed by atoms with Gasteiger partial charge in [0.25, 0.3) is 5.78 Å². The fraction of sp³-hybridized carbons (Fsp3) is 0.312. The summed E-state index contributed by atoms with van der Waals surface area (Å²) in [7, 11) is 0. The molecule has 0 aliphatic rings. The number of nitrogens with zero attached hydrogens (tertiary/aromatic N) is 4. The second-order valence-corrected chi connectivity index (χ2v) is 5.73. The van der Waals surface area contributed by atoms with Crippen LogP contribution < -0.4 is 10.1 Å². The zero-order valence-electron chi connectivity index (χ0n) is 13.1. The molecule has 23 heavy (non-hydrogen) atoms. The quantitative estimate of drug-likeness (QED) is 0.702. The second kappa shape index (κ2) is 6.83. The monoisotopic (exact) mass is 331 g/mol. The summed E-state index contributed by atoms with van der Waals surface area (Å²) in [6.45, 7) is 5.32. The first-order valence-corrected chi connectivity index (χ1v) is 7.81. The summed E-state index contributed by atoms with van der Waals surface area (Å²) in [6, 6.07) is 7.59. The summed E-state index contributed by atoms with van der Waals surface area (Å²) < 4.78 is 7.47. The van der Waals surface area contributed by atoms with Gasteiger partial charge in [-0.1, -0.05) is 11.6 Å². The first-order valence-electron chi connectivity index (χ1n) is 7.44. The van der Waals surface area contributed by atoms with Crippen molar-refractivity contribution < 1.29 is 4.74 Å². The van der Waals surface area contributed by atoms with Crippen LogP contribution in [0.25, 0.3) is 5.78 Å². The maximum Gasteiger partial charge on any atom is 0.254 e. The van der Waals surface area contributed by atoms with Gasteiger partial charge in [-0.3, -0.25) is 0 Å². The zero-order chi connectivity index (χ0) is 16.2. The minimum Gasteiger partial charge on any atom is -0.493 e. The molecule has 1 aromatic carbocycles. The van der Waals surface area contributed by atoms with Gasteiger partial charge in [0.1, 0.15) is 17.9 Å². The molecular formula is C16H18ClN5O. The van der Waals surface area contributed by atoms with Crippen molar-refractivity contribution in [3.05, 3.63) is 46.9 Å². The molecule has 3 aromatic rings. The molecule has 2 heterocycles. The molecule has 0 saturated carbocycles. The highest BCUT2D eigenvalue weighted by atomic mass is 35.5. The van der Waals surface area contributed by atoms with Crippen LogP contribution in [0.3, 0.4) is 0 Å². The molecular weight excluding hydrogens is 314 g/mol. The molecule has 2 aromatic heterocycles. The van der Waals surface area contributed by atoms with Crippen molar-refractivity contribution in [1.82, 2.24) is 19.6 Å². The van der Waals surface area contributed by atoms with E-state index in [1.54, 1.807) is 4.52 Å². The van der Waals surface area contributed by atoms with E-state index in [2.05, 4.69) is 20.4 Å². The number of hydrogen-bond donors (Lipinski definition) is 1. The van der Waals surface area contributed by atoms with Crippen molar-refractivity contribution in [2.75, 3.05) is 18.5 Å². The summed E-state index contributed by atoms with van der Waals surface area (Å²) in [6.07, 6.45) is 2.36. The van der Waals surface area contributed by atoms with Crippen molar-refractivity contribution in [1.29, 1.82) is 0 Å². The molecule has 7 heteroatoms. The van der Waals surface area contributed by atoms with Gasteiger partial charge in [-0.2, -0.15) is 14.6 Å². The summed E-state index contributed by atoms with van der Waals surface area (Å²) in [5.41, 5.74) is 1.94. The van der Waals surface area contributed by atoms with Crippen LogP contribution in [0.5, 0.6) is 5.75 Å². The second-order valence-electron chi connectivity index (χ2n) is 5.29. The van der Waals surface area contributed by atoms with Gasteiger partial charge in [-0.15, -0.1) is 0 Å². The van der Waals surface area contributed by atoms with Crippen molar-refractivity contribution in [2.24, 2.45) is 0 Å². The Labute approximate surface area is 139 Å². The van der Waals surface area contributed by atoms with E-state index in [9.17, 15) is 0 Å². The summed E-state index contributed by atoms with van der Waals surface area (Å²) in [4.78, 5) is 8.42. The molecule has 0 bridgehead atoms. The van der Waals surface area contributed by atoms with Crippen LogP contribution in [0.4, 0.5) is 5.82 Å². The molecule has 0 spiro atoms. The van der Waals surface area contributed by atoms with Gasteiger partial charge in [0.15, 0.2) is 0 Å². The maximum absolute atomic E-state index is 5.94.